The lowest BCUT2D eigenvalue weighted by Crippen LogP contribution is -2.35. The smallest absolute Gasteiger partial charge is 0.264 e. The molecule has 0 spiro atoms. The van der Waals surface area contributed by atoms with Gasteiger partial charge in [0, 0.05) is 18.5 Å². The fraction of sp³-hybridized carbons (Fsp3) is 0.227. The lowest BCUT2D eigenvalue weighted by Gasteiger charge is -2.24. The average Bonchev–Trinajstić information content (AvgIpc) is 3.26. The number of fused-ring (bicyclic) bond motifs is 1. The molecule has 3 aromatic rings. The number of para-hydroxylation sites is 1. The molecular weight excluding hydrogens is 434 g/mol. The van der Waals surface area contributed by atoms with Crippen molar-refractivity contribution in [3.8, 4) is 0 Å². The van der Waals surface area contributed by atoms with Crippen LogP contribution in [0.1, 0.15) is 45.1 Å². The second-order valence-electron chi connectivity index (χ2n) is 7.45. The Morgan fingerprint density at radius 1 is 1.16 bits per heavy atom. The maximum absolute atomic E-state index is 13.4. The van der Waals surface area contributed by atoms with Gasteiger partial charge in [-0.05, 0) is 50.1 Å². The SMILES string of the molecule is CC(=O)c1sc(NC(=O)c2cccc(S(=O)(=O)N3c4ccccc4CC3C)c2)nc1C. The van der Waals surface area contributed by atoms with E-state index in [1.807, 2.05) is 25.1 Å². The number of hydrogen-bond acceptors (Lipinski definition) is 6. The van der Waals surface area contributed by atoms with Crippen molar-refractivity contribution in [2.24, 2.45) is 0 Å². The van der Waals surface area contributed by atoms with Crippen LogP contribution in [0.25, 0.3) is 0 Å². The Kier molecular flexibility index (Phi) is 5.40. The Morgan fingerprint density at radius 3 is 2.61 bits per heavy atom. The standard InChI is InChI=1S/C22H21N3O4S2/c1-13-11-16-7-4-5-10-19(16)25(13)31(28,29)18-9-6-8-17(12-18)21(27)24-22-23-14(2)20(30-22)15(3)26/h4-10,12-13H,11H2,1-3H3,(H,23,24,27). The molecule has 0 radical (unpaired) electrons. The normalized spacial score (nSPS) is 15.6. The molecule has 1 aromatic heterocycles. The van der Waals surface area contributed by atoms with E-state index in [1.54, 1.807) is 25.1 Å². The minimum Gasteiger partial charge on any atom is -0.298 e. The molecule has 1 N–H and O–H groups in total. The van der Waals surface area contributed by atoms with Crippen molar-refractivity contribution in [2.75, 3.05) is 9.62 Å². The minimum atomic E-state index is -3.85. The van der Waals surface area contributed by atoms with E-state index in [9.17, 15) is 18.0 Å². The lowest BCUT2D eigenvalue weighted by molar-refractivity contribution is 0.101. The van der Waals surface area contributed by atoms with Crippen molar-refractivity contribution >= 4 is 43.9 Å². The van der Waals surface area contributed by atoms with Gasteiger partial charge in [0.05, 0.1) is 21.2 Å². The summed E-state index contributed by atoms with van der Waals surface area (Å²) >= 11 is 1.09. The maximum Gasteiger partial charge on any atom is 0.264 e. The van der Waals surface area contributed by atoms with Crippen LogP contribution < -0.4 is 9.62 Å². The molecule has 2 aromatic carbocycles. The second-order valence-corrected chi connectivity index (χ2v) is 10.3. The van der Waals surface area contributed by atoms with E-state index in [0.29, 0.717) is 27.8 Å². The molecule has 7 nitrogen and oxygen atoms in total. The summed E-state index contributed by atoms with van der Waals surface area (Å²) in [6.07, 6.45) is 0.636. The van der Waals surface area contributed by atoms with Gasteiger partial charge in [0.2, 0.25) is 0 Å². The Morgan fingerprint density at radius 2 is 1.90 bits per heavy atom. The van der Waals surface area contributed by atoms with Gasteiger partial charge in [-0.25, -0.2) is 13.4 Å². The van der Waals surface area contributed by atoms with Crippen molar-refractivity contribution in [1.29, 1.82) is 0 Å². The Balaban J connectivity index is 1.63. The molecule has 9 heteroatoms. The van der Waals surface area contributed by atoms with Crippen LogP contribution in [0.4, 0.5) is 10.8 Å². The highest BCUT2D eigenvalue weighted by Crippen LogP contribution is 2.36. The van der Waals surface area contributed by atoms with E-state index in [1.165, 1.54) is 23.4 Å². The summed E-state index contributed by atoms with van der Waals surface area (Å²) in [6, 6.07) is 13.2. The van der Waals surface area contributed by atoms with Gasteiger partial charge in [-0.3, -0.25) is 19.2 Å². The Bertz CT molecular complexity index is 1300. The molecule has 2 heterocycles. The van der Waals surface area contributed by atoms with Crippen molar-refractivity contribution in [1.82, 2.24) is 4.98 Å². The molecule has 1 unspecified atom stereocenters. The number of nitrogens with one attached hydrogen (secondary N) is 1. The number of thiazole rings is 1. The highest BCUT2D eigenvalue weighted by molar-refractivity contribution is 7.92. The Labute approximate surface area is 184 Å². The van der Waals surface area contributed by atoms with Crippen molar-refractivity contribution in [3.05, 3.63) is 70.2 Å². The van der Waals surface area contributed by atoms with Gasteiger partial charge in [-0.2, -0.15) is 0 Å². The largest absolute Gasteiger partial charge is 0.298 e. The number of aromatic nitrogens is 1. The molecule has 1 aliphatic heterocycles. The summed E-state index contributed by atoms with van der Waals surface area (Å²) in [4.78, 5) is 29.1. The van der Waals surface area contributed by atoms with Crippen molar-refractivity contribution in [3.63, 3.8) is 0 Å². The van der Waals surface area contributed by atoms with Gasteiger partial charge >= 0.3 is 0 Å². The molecule has 0 fully saturated rings. The summed E-state index contributed by atoms with van der Waals surface area (Å²) in [5.41, 5.74) is 2.39. The molecule has 160 valence electrons. The first-order valence-electron chi connectivity index (χ1n) is 9.70. The number of rotatable bonds is 5. The fourth-order valence-corrected chi connectivity index (χ4v) is 6.36. The van der Waals surface area contributed by atoms with Gasteiger partial charge in [0.15, 0.2) is 10.9 Å². The number of sulfonamides is 1. The number of hydrogen-bond donors (Lipinski definition) is 1. The van der Waals surface area contributed by atoms with Gasteiger partial charge in [0.25, 0.3) is 15.9 Å². The van der Waals surface area contributed by atoms with Crippen LogP contribution in [-0.2, 0) is 16.4 Å². The molecule has 1 amide bonds. The third-order valence-corrected chi connectivity index (χ3v) is 8.23. The van der Waals surface area contributed by atoms with Crippen LogP contribution in [0, 0.1) is 6.92 Å². The topological polar surface area (TPSA) is 96.4 Å². The van der Waals surface area contributed by atoms with E-state index >= 15 is 0 Å². The van der Waals surface area contributed by atoms with Gasteiger partial charge in [0.1, 0.15) is 0 Å². The van der Waals surface area contributed by atoms with E-state index in [-0.39, 0.29) is 22.3 Å². The van der Waals surface area contributed by atoms with E-state index in [2.05, 4.69) is 10.3 Å². The third-order valence-electron chi connectivity index (χ3n) is 5.13. The summed E-state index contributed by atoms with van der Waals surface area (Å²) in [5.74, 6) is -0.612. The van der Waals surface area contributed by atoms with Crippen LogP contribution in [0.2, 0.25) is 0 Å². The molecular formula is C22H21N3O4S2. The molecule has 4 rings (SSSR count). The van der Waals surface area contributed by atoms with Crippen molar-refractivity contribution < 1.29 is 18.0 Å². The van der Waals surface area contributed by atoms with Crippen LogP contribution in [0.15, 0.2) is 53.4 Å². The lowest BCUT2D eigenvalue weighted by atomic mass is 10.1. The Hall–Kier alpha value is -3.04. The zero-order valence-electron chi connectivity index (χ0n) is 17.2. The summed E-state index contributed by atoms with van der Waals surface area (Å²) in [7, 11) is -3.85. The average molecular weight is 456 g/mol. The van der Waals surface area contributed by atoms with E-state index in [0.717, 1.165) is 16.9 Å². The number of anilines is 2. The number of ketones is 1. The summed E-state index contributed by atoms with van der Waals surface area (Å²) in [6.45, 7) is 5.01. The van der Waals surface area contributed by atoms with E-state index < -0.39 is 15.9 Å². The predicted molar refractivity (Wildman–Crippen MR) is 121 cm³/mol. The highest BCUT2D eigenvalue weighted by Gasteiger charge is 2.36. The van der Waals surface area contributed by atoms with E-state index in [4.69, 9.17) is 0 Å². The molecule has 31 heavy (non-hydrogen) atoms. The zero-order valence-corrected chi connectivity index (χ0v) is 18.9. The summed E-state index contributed by atoms with van der Waals surface area (Å²) in [5, 5.41) is 2.95. The van der Waals surface area contributed by atoms with Crippen LogP contribution in [-0.4, -0.2) is 31.1 Å². The van der Waals surface area contributed by atoms with Crippen LogP contribution >= 0.6 is 11.3 Å². The first-order valence-corrected chi connectivity index (χ1v) is 12.0. The first-order chi connectivity index (χ1) is 14.7. The summed E-state index contributed by atoms with van der Waals surface area (Å²) < 4.78 is 28.2. The zero-order chi connectivity index (χ0) is 22.3. The quantitative estimate of drug-likeness (QED) is 0.586. The van der Waals surface area contributed by atoms with Gasteiger partial charge < -0.3 is 0 Å². The molecule has 0 saturated carbocycles. The minimum absolute atomic E-state index is 0.0449. The number of nitrogens with zero attached hydrogens (tertiary/aromatic N) is 2. The maximum atomic E-state index is 13.4. The number of carbonyl (C=O) groups excluding carboxylic acids is 2. The van der Waals surface area contributed by atoms with Crippen LogP contribution in [0.3, 0.4) is 0 Å². The van der Waals surface area contributed by atoms with Crippen molar-refractivity contribution in [2.45, 2.75) is 38.1 Å². The molecule has 1 aliphatic rings. The molecule has 1 atom stereocenters. The monoisotopic (exact) mass is 455 g/mol. The molecule has 0 saturated heterocycles. The number of Topliss-reactive ketones (excluding diaryl/α,β-unsaturated/α-hetero) is 1. The predicted octanol–water partition coefficient (Wildman–Crippen LogP) is 4.05. The number of benzene rings is 2. The number of aryl methyl sites for hydroxylation is 1. The van der Waals surface area contributed by atoms with Gasteiger partial charge in [-0.15, -0.1) is 0 Å². The second kappa shape index (κ2) is 7.90. The van der Waals surface area contributed by atoms with Gasteiger partial charge in [-0.1, -0.05) is 35.6 Å². The number of amides is 1. The molecule has 0 bridgehead atoms. The molecule has 0 aliphatic carbocycles. The first kappa shape index (κ1) is 21.2. The van der Waals surface area contributed by atoms with Crippen LogP contribution in [0.5, 0.6) is 0 Å². The highest BCUT2D eigenvalue weighted by atomic mass is 32.2. The number of carbonyl (C=O) groups is 2. The third kappa shape index (κ3) is 3.86. The fourth-order valence-electron chi connectivity index (χ4n) is 3.76.